The van der Waals surface area contributed by atoms with Crippen LogP contribution < -0.4 is 9.47 Å². The van der Waals surface area contributed by atoms with Gasteiger partial charge in [-0.2, -0.15) is 0 Å². The number of hydrogen-bond donors (Lipinski definition) is 1. The van der Waals surface area contributed by atoms with Crippen LogP contribution in [-0.4, -0.2) is 24.3 Å². The minimum absolute atomic E-state index is 0.0606. The third-order valence-electron chi connectivity index (χ3n) is 1.95. The highest BCUT2D eigenvalue weighted by Gasteiger charge is 2.24. The van der Waals surface area contributed by atoms with Gasteiger partial charge in [-0.15, -0.1) is 0 Å². The van der Waals surface area contributed by atoms with E-state index in [9.17, 15) is 9.18 Å². The van der Waals surface area contributed by atoms with Crippen molar-refractivity contribution in [3.05, 3.63) is 22.5 Å². The first-order valence-corrected chi connectivity index (χ1v) is 4.50. The quantitative estimate of drug-likeness (QED) is 0.804. The van der Waals surface area contributed by atoms with Crippen LogP contribution in [-0.2, 0) is 0 Å². The lowest BCUT2D eigenvalue weighted by Crippen LogP contribution is -2.17. The zero-order valence-electron chi connectivity index (χ0n) is 7.42. The molecule has 80 valence electrons. The number of ether oxygens (including phenoxy) is 2. The van der Waals surface area contributed by atoms with Crippen LogP contribution in [0.3, 0.4) is 0 Å². The molecule has 6 heteroatoms. The zero-order valence-corrected chi connectivity index (χ0v) is 8.18. The van der Waals surface area contributed by atoms with Crippen molar-refractivity contribution in [2.24, 2.45) is 0 Å². The smallest absolute Gasteiger partial charge is 0.338 e. The van der Waals surface area contributed by atoms with Gasteiger partial charge in [-0.3, -0.25) is 0 Å². The number of carbonyl (C=O) groups is 1. The molecule has 15 heavy (non-hydrogen) atoms. The summed E-state index contributed by atoms with van der Waals surface area (Å²) >= 11 is 5.62. The minimum atomic E-state index is -1.40. The fourth-order valence-electron chi connectivity index (χ4n) is 1.28. The van der Waals surface area contributed by atoms with Crippen molar-refractivity contribution in [3.63, 3.8) is 0 Å². The summed E-state index contributed by atoms with van der Waals surface area (Å²) in [5, 5.41) is 8.34. The van der Waals surface area contributed by atoms with Crippen LogP contribution in [0.15, 0.2) is 6.07 Å². The highest BCUT2D eigenvalue weighted by Crippen LogP contribution is 2.40. The van der Waals surface area contributed by atoms with E-state index in [0.717, 1.165) is 6.07 Å². The Hall–Kier alpha value is -1.49. The van der Waals surface area contributed by atoms with Gasteiger partial charge in [0.1, 0.15) is 23.8 Å². The molecule has 0 saturated heterocycles. The fourth-order valence-corrected chi connectivity index (χ4v) is 1.53. The number of aromatic carboxylic acids is 1. The third-order valence-corrected chi connectivity index (χ3v) is 2.28. The molecular formula is C9H6ClFO4. The molecule has 2 rings (SSSR count). The largest absolute Gasteiger partial charge is 0.486 e. The summed E-state index contributed by atoms with van der Waals surface area (Å²) < 4.78 is 23.6. The SMILES string of the molecule is O=C(O)c1cc2c(c(Cl)c1F)OCCO2. The fraction of sp³-hybridized carbons (Fsp3) is 0.222. The molecule has 0 radical (unpaired) electrons. The highest BCUT2D eigenvalue weighted by atomic mass is 35.5. The molecule has 0 unspecified atom stereocenters. The molecule has 1 aliphatic rings. The van der Waals surface area contributed by atoms with Crippen LogP contribution in [0.2, 0.25) is 5.02 Å². The summed E-state index contributed by atoms with van der Waals surface area (Å²) in [6.45, 7) is 0.548. The van der Waals surface area contributed by atoms with E-state index in [1.165, 1.54) is 0 Å². The second kappa shape index (κ2) is 3.58. The number of carboxylic acids is 1. The Balaban J connectivity index is 2.63. The molecule has 0 atom stereocenters. The second-order valence-electron chi connectivity index (χ2n) is 2.88. The van der Waals surface area contributed by atoms with E-state index in [-0.39, 0.29) is 29.7 Å². The van der Waals surface area contributed by atoms with E-state index in [0.29, 0.717) is 0 Å². The molecule has 1 aromatic carbocycles. The maximum absolute atomic E-state index is 13.4. The van der Waals surface area contributed by atoms with E-state index in [4.69, 9.17) is 26.2 Å². The van der Waals surface area contributed by atoms with E-state index in [2.05, 4.69) is 0 Å². The van der Waals surface area contributed by atoms with Gasteiger partial charge in [0, 0.05) is 6.07 Å². The van der Waals surface area contributed by atoms with Crippen molar-refractivity contribution in [2.45, 2.75) is 0 Å². The van der Waals surface area contributed by atoms with Crippen LogP contribution in [0.5, 0.6) is 11.5 Å². The monoisotopic (exact) mass is 232 g/mol. The molecule has 0 aliphatic carbocycles. The topological polar surface area (TPSA) is 55.8 Å². The normalized spacial score (nSPS) is 13.7. The number of halogens is 2. The number of fused-ring (bicyclic) bond motifs is 1. The van der Waals surface area contributed by atoms with Gasteiger partial charge in [0.05, 0.1) is 0 Å². The van der Waals surface area contributed by atoms with Crippen molar-refractivity contribution in [2.75, 3.05) is 13.2 Å². The predicted molar refractivity (Wildman–Crippen MR) is 49.4 cm³/mol. The molecule has 0 amide bonds. The lowest BCUT2D eigenvalue weighted by atomic mass is 10.2. The van der Waals surface area contributed by atoms with Gasteiger partial charge >= 0.3 is 5.97 Å². The number of benzene rings is 1. The van der Waals surface area contributed by atoms with Crippen molar-refractivity contribution in [1.82, 2.24) is 0 Å². The summed E-state index contributed by atoms with van der Waals surface area (Å²) in [5.41, 5.74) is -0.524. The first-order valence-electron chi connectivity index (χ1n) is 4.12. The Morgan fingerprint density at radius 2 is 2.13 bits per heavy atom. The molecule has 1 heterocycles. The van der Waals surface area contributed by atoms with E-state index in [1.54, 1.807) is 0 Å². The zero-order chi connectivity index (χ0) is 11.0. The lowest BCUT2D eigenvalue weighted by molar-refractivity contribution is 0.0690. The maximum atomic E-state index is 13.4. The Kier molecular flexibility index (Phi) is 2.40. The molecule has 1 N–H and O–H groups in total. The Morgan fingerprint density at radius 1 is 1.47 bits per heavy atom. The summed E-state index contributed by atoms with van der Waals surface area (Å²) in [6, 6.07) is 1.07. The maximum Gasteiger partial charge on any atom is 0.338 e. The van der Waals surface area contributed by atoms with Gasteiger partial charge in [-0.05, 0) is 0 Å². The van der Waals surface area contributed by atoms with E-state index in [1.807, 2.05) is 0 Å². The van der Waals surface area contributed by atoms with Gasteiger partial charge in [-0.25, -0.2) is 9.18 Å². The number of hydrogen-bond acceptors (Lipinski definition) is 3. The van der Waals surface area contributed by atoms with Gasteiger partial charge < -0.3 is 14.6 Å². The van der Waals surface area contributed by atoms with E-state index >= 15 is 0 Å². The third kappa shape index (κ3) is 1.59. The first-order chi connectivity index (χ1) is 7.11. The molecule has 4 nitrogen and oxygen atoms in total. The molecule has 1 aromatic rings. The van der Waals surface area contributed by atoms with Crippen LogP contribution in [0.4, 0.5) is 4.39 Å². The van der Waals surface area contributed by atoms with Crippen molar-refractivity contribution in [1.29, 1.82) is 0 Å². The van der Waals surface area contributed by atoms with Crippen molar-refractivity contribution >= 4 is 17.6 Å². The molecule has 0 spiro atoms. The molecule has 0 saturated carbocycles. The van der Waals surface area contributed by atoms with Gasteiger partial charge in [0.2, 0.25) is 0 Å². The van der Waals surface area contributed by atoms with Gasteiger partial charge in [0.15, 0.2) is 17.3 Å². The summed E-state index contributed by atoms with van der Waals surface area (Å²) in [4.78, 5) is 10.7. The molecule has 0 fully saturated rings. The van der Waals surface area contributed by atoms with Gasteiger partial charge in [-0.1, -0.05) is 11.6 Å². The molecular weight excluding hydrogens is 227 g/mol. The van der Waals surface area contributed by atoms with Crippen LogP contribution >= 0.6 is 11.6 Å². The average Bonchev–Trinajstić information content (AvgIpc) is 2.23. The molecule has 0 bridgehead atoms. The molecule has 1 aliphatic heterocycles. The van der Waals surface area contributed by atoms with Gasteiger partial charge in [0.25, 0.3) is 0 Å². The first kappa shape index (κ1) is 10.0. The number of rotatable bonds is 1. The Labute approximate surface area is 89.2 Å². The highest BCUT2D eigenvalue weighted by molar-refractivity contribution is 6.32. The Bertz CT molecular complexity index is 433. The average molecular weight is 233 g/mol. The van der Waals surface area contributed by atoms with Crippen LogP contribution in [0, 0.1) is 5.82 Å². The van der Waals surface area contributed by atoms with Crippen LogP contribution in [0.25, 0.3) is 0 Å². The van der Waals surface area contributed by atoms with Crippen molar-refractivity contribution < 1.29 is 23.8 Å². The lowest BCUT2D eigenvalue weighted by Gasteiger charge is -2.20. The van der Waals surface area contributed by atoms with Crippen molar-refractivity contribution in [3.8, 4) is 11.5 Å². The van der Waals surface area contributed by atoms with E-state index < -0.39 is 17.3 Å². The predicted octanol–water partition coefficient (Wildman–Crippen LogP) is 1.95. The summed E-state index contributed by atoms with van der Waals surface area (Å²) in [7, 11) is 0. The Morgan fingerprint density at radius 3 is 2.80 bits per heavy atom. The van der Waals surface area contributed by atoms with Crippen LogP contribution in [0.1, 0.15) is 10.4 Å². The summed E-state index contributed by atoms with van der Waals surface area (Å²) in [5.74, 6) is -2.18. The number of carboxylic acid groups (broad SMARTS) is 1. The summed E-state index contributed by atoms with van der Waals surface area (Å²) in [6.07, 6.45) is 0. The standard InChI is InChI=1S/C9H6ClFO4/c10-6-7(11)4(9(12)13)3-5-8(6)15-2-1-14-5/h3H,1-2H2,(H,12,13). The minimum Gasteiger partial charge on any atom is -0.486 e. The molecule has 0 aromatic heterocycles. The second-order valence-corrected chi connectivity index (χ2v) is 3.26.